The monoisotopic (exact) mass is 321 g/mol. The van der Waals surface area contributed by atoms with Crippen LogP contribution in [-0.2, 0) is 0 Å². The lowest BCUT2D eigenvalue weighted by Gasteiger charge is -2.34. The van der Waals surface area contributed by atoms with E-state index in [2.05, 4.69) is 29.4 Å². The Balaban J connectivity index is 1.94. The number of nitrogens with zero attached hydrogens (tertiary/aromatic N) is 1. The fourth-order valence-corrected chi connectivity index (χ4v) is 2.63. The van der Waals surface area contributed by atoms with Crippen molar-refractivity contribution in [3.8, 4) is 11.5 Å². The van der Waals surface area contributed by atoms with Gasteiger partial charge in [-0.2, -0.15) is 0 Å². The quantitative estimate of drug-likeness (QED) is 0.875. The summed E-state index contributed by atoms with van der Waals surface area (Å²) in [5.41, 5.74) is 0.651. The lowest BCUT2D eigenvalue weighted by molar-refractivity contribution is 0.171. The summed E-state index contributed by atoms with van der Waals surface area (Å²) < 4.78 is 11.0. The van der Waals surface area contributed by atoms with Gasteiger partial charge in [0.25, 0.3) is 0 Å². The standard InChI is InChI=1S/C17H27N3O3/c1-12(17(2,3)11-20(4)5)18-16(21)19-13-6-7-14-15(10-13)23-9-8-22-14/h6-7,10,12H,8-9,11H2,1-5H3,(H2,18,19,21)/t12-/m1/s1. The number of amides is 2. The predicted octanol–water partition coefficient (Wildman–Crippen LogP) is 2.56. The minimum Gasteiger partial charge on any atom is -0.486 e. The molecule has 23 heavy (non-hydrogen) atoms. The van der Waals surface area contributed by atoms with Crippen molar-refractivity contribution in [3.63, 3.8) is 0 Å². The molecule has 0 aromatic heterocycles. The van der Waals surface area contributed by atoms with Crippen LogP contribution in [0.1, 0.15) is 20.8 Å². The minimum absolute atomic E-state index is 0.0297. The average Bonchev–Trinajstić information content (AvgIpc) is 2.45. The summed E-state index contributed by atoms with van der Waals surface area (Å²) in [6.07, 6.45) is 0. The van der Waals surface area contributed by atoms with Crippen LogP contribution in [0.3, 0.4) is 0 Å². The topological polar surface area (TPSA) is 62.8 Å². The zero-order valence-corrected chi connectivity index (χ0v) is 14.6. The normalized spacial score (nSPS) is 15.2. The molecule has 0 spiro atoms. The lowest BCUT2D eigenvalue weighted by Crippen LogP contribution is -2.48. The summed E-state index contributed by atoms with van der Waals surface area (Å²) >= 11 is 0. The van der Waals surface area contributed by atoms with Crippen molar-refractivity contribution in [3.05, 3.63) is 18.2 Å². The summed E-state index contributed by atoms with van der Waals surface area (Å²) in [5.74, 6) is 1.37. The molecule has 6 heteroatoms. The number of hydrogen-bond acceptors (Lipinski definition) is 4. The van der Waals surface area contributed by atoms with E-state index in [1.807, 2.05) is 33.2 Å². The van der Waals surface area contributed by atoms with Gasteiger partial charge in [-0.05, 0) is 38.6 Å². The highest BCUT2D eigenvalue weighted by atomic mass is 16.6. The van der Waals surface area contributed by atoms with Crippen molar-refractivity contribution >= 4 is 11.7 Å². The van der Waals surface area contributed by atoms with Crippen LogP contribution in [0.5, 0.6) is 11.5 Å². The van der Waals surface area contributed by atoms with Gasteiger partial charge in [0.15, 0.2) is 11.5 Å². The van der Waals surface area contributed by atoms with Crippen LogP contribution in [0.4, 0.5) is 10.5 Å². The zero-order chi connectivity index (χ0) is 17.0. The van der Waals surface area contributed by atoms with Crippen molar-refractivity contribution in [1.82, 2.24) is 10.2 Å². The molecule has 1 aliphatic rings. The fourth-order valence-electron chi connectivity index (χ4n) is 2.63. The zero-order valence-electron chi connectivity index (χ0n) is 14.6. The molecule has 0 bridgehead atoms. The SMILES string of the molecule is C[C@@H](NC(=O)Nc1ccc2c(c1)OCCO2)C(C)(C)CN(C)C. The lowest BCUT2D eigenvalue weighted by atomic mass is 9.85. The van der Waals surface area contributed by atoms with E-state index in [-0.39, 0.29) is 17.5 Å². The van der Waals surface area contributed by atoms with E-state index in [1.54, 1.807) is 6.07 Å². The number of ether oxygens (including phenoxy) is 2. The van der Waals surface area contributed by atoms with Crippen molar-refractivity contribution in [1.29, 1.82) is 0 Å². The third kappa shape index (κ3) is 4.76. The first-order valence-electron chi connectivity index (χ1n) is 7.90. The maximum atomic E-state index is 12.2. The van der Waals surface area contributed by atoms with Gasteiger partial charge in [0.2, 0.25) is 0 Å². The van der Waals surface area contributed by atoms with Gasteiger partial charge in [0.05, 0.1) is 0 Å². The first-order valence-corrected chi connectivity index (χ1v) is 7.90. The Morgan fingerprint density at radius 3 is 2.57 bits per heavy atom. The van der Waals surface area contributed by atoms with E-state index in [9.17, 15) is 4.79 Å². The number of hydrogen-bond donors (Lipinski definition) is 2. The molecule has 0 saturated carbocycles. The van der Waals surface area contributed by atoms with Crippen LogP contribution in [0, 0.1) is 5.41 Å². The van der Waals surface area contributed by atoms with Gasteiger partial charge in [0.1, 0.15) is 13.2 Å². The van der Waals surface area contributed by atoms with Gasteiger partial charge in [-0.15, -0.1) is 0 Å². The molecule has 1 aromatic carbocycles. The molecule has 1 atom stereocenters. The first kappa shape index (κ1) is 17.4. The Hall–Kier alpha value is -1.95. The van der Waals surface area contributed by atoms with Gasteiger partial charge in [0, 0.05) is 24.3 Å². The van der Waals surface area contributed by atoms with Crippen LogP contribution in [-0.4, -0.2) is 50.8 Å². The molecule has 1 aliphatic heterocycles. The van der Waals surface area contributed by atoms with Gasteiger partial charge >= 0.3 is 6.03 Å². The number of urea groups is 1. The van der Waals surface area contributed by atoms with E-state index in [0.29, 0.717) is 30.4 Å². The van der Waals surface area contributed by atoms with Gasteiger partial charge in [-0.1, -0.05) is 13.8 Å². The maximum absolute atomic E-state index is 12.2. The Morgan fingerprint density at radius 2 is 1.91 bits per heavy atom. The summed E-state index contributed by atoms with van der Waals surface area (Å²) in [6, 6.07) is 5.21. The van der Waals surface area contributed by atoms with Crippen molar-refractivity contribution in [2.45, 2.75) is 26.8 Å². The summed E-state index contributed by atoms with van der Waals surface area (Å²) in [7, 11) is 4.06. The molecule has 0 fully saturated rings. The molecular weight excluding hydrogens is 294 g/mol. The molecule has 2 rings (SSSR count). The first-order chi connectivity index (χ1) is 10.8. The molecule has 0 saturated heterocycles. The van der Waals surface area contributed by atoms with Gasteiger partial charge in [-0.3, -0.25) is 0 Å². The number of carbonyl (C=O) groups is 1. The van der Waals surface area contributed by atoms with Crippen LogP contribution < -0.4 is 20.1 Å². The molecule has 6 nitrogen and oxygen atoms in total. The highest BCUT2D eigenvalue weighted by Crippen LogP contribution is 2.32. The second kappa shape index (κ2) is 7.08. The molecular formula is C17H27N3O3. The van der Waals surface area contributed by atoms with Crippen molar-refractivity contribution in [2.24, 2.45) is 5.41 Å². The second-order valence-corrected chi connectivity index (χ2v) is 6.90. The highest BCUT2D eigenvalue weighted by molar-refractivity contribution is 5.89. The average molecular weight is 321 g/mol. The van der Waals surface area contributed by atoms with Crippen molar-refractivity contribution in [2.75, 3.05) is 39.2 Å². The van der Waals surface area contributed by atoms with E-state index in [0.717, 1.165) is 6.54 Å². The molecule has 0 aliphatic carbocycles. The number of nitrogens with one attached hydrogen (secondary N) is 2. The Bertz CT molecular complexity index is 558. The van der Waals surface area contributed by atoms with E-state index in [1.165, 1.54) is 0 Å². The number of benzene rings is 1. The number of anilines is 1. The van der Waals surface area contributed by atoms with Crippen molar-refractivity contribution < 1.29 is 14.3 Å². The Morgan fingerprint density at radius 1 is 1.26 bits per heavy atom. The largest absolute Gasteiger partial charge is 0.486 e. The maximum Gasteiger partial charge on any atom is 0.319 e. The Labute approximate surface area is 138 Å². The molecule has 2 amide bonds. The molecule has 0 unspecified atom stereocenters. The highest BCUT2D eigenvalue weighted by Gasteiger charge is 2.27. The van der Waals surface area contributed by atoms with Gasteiger partial charge < -0.3 is 25.0 Å². The molecule has 2 N–H and O–H groups in total. The number of carbonyl (C=O) groups excluding carboxylic acids is 1. The summed E-state index contributed by atoms with van der Waals surface area (Å²) in [4.78, 5) is 14.3. The molecule has 128 valence electrons. The molecule has 1 aromatic rings. The van der Waals surface area contributed by atoms with Crippen LogP contribution in [0.25, 0.3) is 0 Å². The smallest absolute Gasteiger partial charge is 0.319 e. The third-order valence-electron chi connectivity index (χ3n) is 4.04. The Kier molecular flexibility index (Phi) is 5.36. The number of fused-ring (bicyclic) bond motifs is 1. The fraction of sp³-hybridized carbons (Fsp3) is 0.588. The van der Waals surface area contributed by atoms with E-state index >= 15 is 0 Å². The van der Waals surface area contributed by atoms with Crippen LogP contribution in [0.15, 0.2) is 18.2 Å². The second-order valence-electron chi connectivity index (χ2n) is 6.90. The van der Waals surface area contributed by atoms with Crippen LogP contribution >= 0.6 is 0 Å². The van der Waals surface area contributed by atoms with Crippen LogP contribution in [0.2, 0.25) is 0 Å². The van der Waals surface area contributed by atoms with E-state index in [4.69, 9.17) is 9.47 Å². The third-order valence-corrected chi connectivity index (χ3v) is 4.04. The molecule has 1 heterocycles. The predicted molar refractivity (Wildman–Crippen MR) is 91.4 cm³/mol. The summed E-state index contributed by atoms with van der Waals surface area (Å²) in [5, 5.41) is 5.85. The van der Waals surface area contributed by atoms with E-state index < -0.39 is 0 Å². The van der Waals surface area contributed by atoms with Gasteiger partial charge in [-0.25, -0.2) is 4.79 Å². The summed E-state index contributed by atoms with van der Waals surface area (Å²) in [6.45, 7) is 8.27. The number of rotatable bonds is 5. The minimum atomic E-state index is -0.221. The molecule has 0 radical (unpaired) electrons.